The Balaban J connectivity index is 1.84. The summed E-state index contributed by atoms with van der Waals surface area (Å²) in [5.74, 6) is -0.971. The number of alkyl halides is 3. The molecule has 2 rings (SSSR count). The van der Waals surface area contributed by atoms with E-state index in [0.29, 0.717) is 32.0 Å². The maximum atomic E-state index is 12.5. The average molecular weight is 363 g/mol. The van der Waals surface area contributed by atoms with Crippen LogP contribution in [-0.4, -0.2) is 54.5 Å². The second-order valence-corrected chi connectivity index (χ2v) is 6.18. The summed E-state index contributed by atoms with van der Waals surface area (Å²) in [6, 6.07) is 2.38. The molecule has 1 amide bonds. The van der Waals surface area contributed by atoms with E-state index in [4.69, 9.17) is 0 Å². The molecular formula is C14H16F3N3O3S. The fourth-order valence-electron chi connectivity index (χ4n) is 2.30. The largest absolute Gasteiger partial charge is 0.549 e. The predicted octanol–water partition coefficient (Wildman–Crippen LogP) is -0.349. The third kappa shape index (κ3) is 5.02. The molecular weight excluding hydrogens is 347 g/mol. The molecule has 6 nitrogen and oxygen atoms in total. The number of carbonyl (C=O) groups excluding carboxylic acids is 2. The zero-order valence-electron chi connectivity index (χ0n) is 12.6. The van der Waals surface area contributed by atoms with Crippen molar-refractivity contribution in [1.29, 1.82) is 0 Å². The molecule has 1 N–H and O–H groups in total. The Bertz CT molecular complexity index is 587. The Kier molecular flexibility index (Phi) is 5.92. The van der Waals surface area contributed by atoms with Crippen LogP contribution < -0.4 is 15.0 Å². The lowest BCUT2D eigenvalue weighted by atomic mass is 10.2. The summed E-state index contributed by atoms with van der Waals surface area (Å²) in [4.78, 5) is 28.3. The number of aromatic nitrogens is 1. The second kappa shape index (κ2) is 7.73. The maximum absolute atomic E-state index is 12.5. The van der Waals surface area contributed by atoms with Crippen molar-refractivity contribution in [3.63, 3.8) is 0 Å². The summed E-state index contributed by atoms with van der Waals surface area (Å²) in [6.07, 6.45) is -3.47. The van der Waals surface area contributed by atoms with Crippen molar-refractivity contribution in [2.45, 2.75) is 6.18 Å². The number of thioether (sulfide) groups is 1. The molecule has 0 aliphatic carbocycles. The number of aliphatic carboxylic acids is 1. The van der Waals surface area contributed by atoms with Crippen molar-refractivity contribution in [2.24, 2.45) is 0 Å². The van der Waals surface area contributed by atoms with Gasteiger partial charge in [-0.15, -0.1) is 11.8 Å². The first-order valence-electron chi connectivity index (χ1n) is 7.16. The summed E-state index contributed by atoms with van der Waals surface area (Å²) in [7, 11) is 0. The van der Waals surface area contributed by atoms with Gasteiger partial charge in [-0.05, 0) is 6.07 Å². The minimum Gasteiger partial charge on any atom is -0.549 e. The molecule has 1 aliphatic rings. The van der Waals surface area contributed by atoms with Crippen LogP contribution in [0.4, 0.5) is 19.0 Å². The molecule has 1 aromatic rings. The molecule has 0 atom stereocenters. The number of carbonyl (C=O) groups is 2. The van der Waals surface area contributed by atoms with Crippen LogP contribution in [0.15, 0.2) is 18.3 Å². The van der Waals surface area contributed by atoms with Crippen molar-refractivity contribution in [3.8, 4) is 0 Å². The molecule has 132 valence electrons. The average Bonchev–Trinajstić information content (AvgIpc) is 2.54. The first-order chi connectivity index (χ1) is 11.3. The standard InChI is InChI=1S/C14H16F3N3O3S/c15-14(16,17)10-1-2-11(18-7-10)19-3-5-20(6-4-19)12(21)8-24-9-13(22)23/h1-2,7H,3-6,8-9H2,(H,22,23). The van der Waals surface area contributed by atoms with E-state index >= 15 is 0 Å². The first-order valence-corrected chi connectivity index (χ1v) is 8.32. The van der Waals surface area contributed by atoms with Crippen molar-refractivity contribution in [3.05, 3.63) is 23.9 Å². The highest BCUT2D eigenvalue weighted by Gasteiger charge is 2.32. The number of rotatable bonds is 5. The number of carboxylic acid groups (broad SMARTS) is 1. The Hall–Kier alpha value is -1.97. The van der Waals surface area contributed by atoms with Gasteiger partial charge in [-0.3, -0.25) is 9.69 Å². The lowest BCUT2D eigenvalue weighted by molar-refractivity contribution is -0.367. The molecule has 0 aromatic carbocycles. The van der Waals surface area contributed by atoms with E-state index in [-0.39, 0.29) is 17.4 Å². The number of piperazine rings is 1. The minimum absolute atomic E-state index is 0.0698. The van der Waals surface area contributed by atoms with E-state index in [1.165, 1.54) is 6.07 Å². The molecule has 0 saturated carbocycles. The van der Waals surface area contributed by atoms with Gasteiger partial charge in [-0.1, -0.05) is 0 Å². The van der Waals surface area contributed by atoms with Crippen LogP contribution in [0.1, 0.15) is 5.56 Å². The number of aromatic amines is 1. The van der Waals surface area contributed by atoms with Crippen LogP contribution in [-0.2, 0) is 15.8 Å². The van der Waals surface area contributed by atoms with Gasteiger partial charge in [0, 0.05) is 11.8 Å². The van der Waals surface area contributed by atoms with Crippen molar-refractivity contribution in [1.82, 2.24) is 4.90 Å². The van der Waals surface area contributed by atoms with Gasteiger partial charge < -0.3 is 14.8 Å². The van der Waals surface area contributed by atoms with E-state index in [1.54, 1.807) is 4.90 Å². The Labute approximate surface area is 140 Å². The summed E-state index contributed by atoms with van der Waals surface area (Å²) in [5.41, 5.74) is -0.745. The highest BCUT2D eigenvalue weighted by molar-refractivity contribution is 8.00. The number of amides is 1. The van der Waals surface area contributed by atoms with Crippen LogP contribution in [0, 0.1) is 0 Å². The molecule has 1 saturated heterocycles. The number of halogens is 3. The number of hydrogen-bond donors (Lipinski definition) is 0. The van der Waals surface area contributed by atoms with Crippen molar-refractivity contribution >= 4 is 29.5 Å². The van der Waals surface area contributed by atoms with Crippen LogP contribution in [0.25, 0.3) is 0 Å². The van der Waals surface area contributed by atoms with E-state index in [0.717, 1.165) is 24.0 Å². The molecule has 0 unspecified atom stereocenters. The molecule has 0 bridgehead atoms. The van der Waals surface area contributed by atoms with E-state index in [1.807, 2.05) is 4.90 Å². The van der Waals surface area contributed by atoms with Gasteiger partial charge in [0.15, 0.2) is 0 Å². The van der Waals surface area contributed by atoms with Crippen molar-refractivity contribution in [2.75, 3.05) is 42.6 Å². The van der Waals surface area contributed by atoms with Crippen LogP contribution >= 0.6 is 11.8 Å². The Morgan fingerprint density at radius 3 is 2.33 bits per heavy atom. The van der Waals surface area contributed by atoms with Gasteiger partial charge in [-0.2, -0.15) is 13.2 Å². The number of H-pyrrole nitrogens is 1. The van der Waals surface area contributed by atoms with E-state index < -0.39 is 17.7 Å². The summed E-state index contributed by atoms with van der Waals surface area (Å²) < 4.78 is 37.6. The first kappa shape index (κ1) is 18.4. The molecule has 1 aliphatic heterocycles. The molecule has 0 radical (unpaired) electrons. The smallest absolute Gasteiger partial charge is 0.419 e. The SMILES string of the molecule is O=C([O-])CSCC(=O)N1CCN(c2ccc(C(F)(F)F)c[nH+]2)CC1. The normalized spacial score (nSPS) is 15.5. The number of pyridine rings is 1. The van der Waals surface area contributed by atoms with Gasteiger partial charge in [-0.25, -0.2) is 4.98 Å². The van der Waals surface area contributed by atoms with Gasteiger partial charge in [0.05, 0.1) is 30.4 Å². The topological polar surface area (TPSA) is 77.8 Å². The van der Waals surface area contributed by atoms with Gasteiger partial charge >= 0.3 is 6.18 Å². The highest BCUT2D eigenvalue weighted by atomic mass is 32.2. The number of anilines is 1. The highest BCUT2D eigenvalue weighted by Crippen LogP contribution is 2.28. The van der Waals surface area contributed by atoms with Gasteiger partial charge in [0.2, 0.25) is 5.91 Å². The molecule has 1 fully saturated rings. The molecule has 2 heterocycles. The number of hydrogen-bond acceptors (Lipinski definition) is 5. The summed E-state index contributed by atoms with van der Waals surface area (Å²) in [6.45, 7) is 1.83. The minimum atomic E-state index is -4.39. The second-order valence-electron chi connectivity index (χ2n) is 5.19. The fraction of sp³-hybridized carbons (Fsp3) is 0.500. The lowest BCUT2D eigenvalue weighted by Crippen LogP contribution is -2.50. The Morgan fingerprint density at radius 2 is 1.83 bits per heavy atom. The molecule has 1 aromatic heterocycles. The monoisotopic (exact) mass is 363 g/mol. The summed E-state index contributed by atoms with van der Waals surface area (Å²) >= 11 is 0.985. The summed E-state index contributed by atoms with van der Waals surface area (Å²) in [5, 5.41) is 10.3. The zero-order valence-corrected chi connectivity index (χ0v) is 13.5. The third-order valence-electron chi connectivity index (χ3n) is 3.54. The van der Waals surface area contributed by atoms with E-state index in [9.17, 15) is 27.9 Å². The zero-order chi connectivity index (χ0) is 17.7. The van der Waals surface area contributed by atoms with Gasteiger partial charge in [0.1, 0.15) is 19.3 Å². The number of nitrogens with zero attached hydrogens (tertiary/aromatic N) is 2. The third-order valence-corrected chi connectivity index (χ3v) is 4.43. The molecule has 0 spiro atoms. The van der Waals surface area contributed by atoms with Crippen LogP contribution in [0.3, 0.4) is 0 Å². The Morgan fingerprint density at radius 1 is 1.17 bits per heavy atom. The molecule has 10 heteroatoms. The quantitative estimate of drug-likeness (QED) is 0.715. The van der Waals surface area contributed by atoms with Crippen LogP contribution in [0.2, 0.25) is 0 Å². The van der Waals surface area contributed by atoms with E-state index in [2.05, 4.69) is 4.98 Å². The number of nitrogens with one attached hydrogen (secondary N) is 1. The number of carboxylic acids is 1. The lowest BCUT2D eigenvalue weighted by Gasteiger charge is -2.31. The molecule has 24 heavy (non-hydrogen) atoms. The van der Waals surface area contributed by atoms with Gasteiger partial charge in [0.25, 0.3) is 5.82 Å². The predicted molar refractivity (Wildman–Crippen MR) is 79.1 cm³/mol. The maximum Gasteiger partial charge on any atom is 0.419 e. The van der Waals surface area contributed by atoms with Crippen molar-refractivity contribution < 1.29 is 32.9 Å². The van der Waals surface area contributed by atoms with Crippen LogP contribution in [0.5, 0.6) is 0 Å². The fourth-order valence-corrected chi connectivity index (χ4v) is 2.93.